The molecule has 0 aliphatic carbocycles. The molecule has 0 fully saturated rings. The Morgan fingerprint density at radius 2 is 2.19 bits per heavy atom. The molecule has 1 N–H and O–H groups in total. The molecule has 2 heterocycles. The summed E-state index contributed by atoms with van der Waals surface area (Å²) in [4.78, 5) is 14.1. The van der Waals surface area contributed by atoms with Gasteiger partial charge in [0.25, 0.3) is 0 Å². The van der Waals surface area contributed by atoms with Crippen LogP contribution in [0.1, 0.15) is 34.2 Å². The maximum atomic E-state index is 13.9. The summed E-state index contributed by atoms with van der Waals surface area (Å²) in [5, 5.41) is 13.5. The summed E-state index contributed by atoms with van der Waals surface area (Å²) in [6, 6.07) is 3.39. The van der Waals surface area contributed by atoms with Gasteiger partial charge in [-0.3, -0.25) is 9.58 Å². The minimum Gasteiger partial charge on any atom is -0.461 e. The number of ether oxygens (including phenoxy) is 1. The first kappa shape index (κ1) is 18.5. The maximum absolute atomic E-state index is 13.9. The lowest BCUT2D eigenvalue weighted by atomic mass is 10.0. The number of aliphatic hydroxyl groups is 1. The van der Waals surface area contributed by atoms with Crippen molar-refractivity contribution in [3.8, 4) is 0 Å². The predicted octanol–water partition coefficient (Wildman–Crippen LogP) is 1.89. The number of fused-ring (bicyclic) bond motifs is 1. The lowest BCUT2D eigenvalue weighted by Crippen LogP contribution is -2.32. The Hall–Kier alpha value is -2.32. The van der Waals surface area contributed by atoms with Crippen molar-refractivity contribution in [2.24, 2.45) is 0 Å². The highest BCUT2D eigenvalue weighted by atomic mass is 19.1. The highest BCUT2D eigenvalue weighted by Gasteiger charge is 2.29. The standard InChI is InChI=1S/C18H21F2N3O3/c1-2-26-18(25)17-14-11-22(6-5-16(14)23(21-17)7-8-24)10-12-9-13(19)3-4-15(12)20/h3-4,9,24H,2,5-8,10-11H2,1H3. The molecule has 140 valence electrons. The van der Waals surface area contributed by atoms with Crippen molar-refractivity contribution >= 4 is 5.97 Å². The van der Waals surface area contributed by atoms with Crippen molar-refractivity contribution in [3.05, 3.63) is 52.3 Å². The van der Waals surface area contributed by atoms with E-state index in [9.17, 15) is 18.7 Å². The molecule has 2 aromatic rings. The van der Waals surface area contributed by atoms with Crippen LogP contribution < -0.4 is 0 Å². The highest BCUT2D eigenvalue weighted by molar-refractivity contribution is 5.89. The predicted molar refractivity (Wildman–Crippen MR) is 89.4 cm³/mol. The van der Waals surface area contributed by atoms with Crippen molar-refractivity contribution in [1.82, 2.24) is 14.7 Å². The average molecular weight is 365 g/mol. The van der Waals surface area contributed by atoms with Gasteiger partial charge in [0, 0.05) is 42.9 Å². The van der Waals surface area contributed by atoms with E-state index in [1.165, 1.54) is 6.07 Å². The first-order valence-electron chi connectivity index (χ1n) is 8.56. The molecule has 1 aromatic carbocycles. The Bertz CT molecular complexity index is 807. The van der Waals surface area contributed by atoms with E-state index in [0.717, 1.165) is 23.4 Å². The van der Waals surface area contributed by atoms with Crippen molar-refractivity contribution in [2.45, 2.75) is 33.0 Å². The van der Waals surface area contributed by atoms with Gasteiger partial charge in [-0.1, -0.05) is 0 Å². The van der Waals surface area contributed by atoms with Gasteiger partial charge in [-0.05, 0) is 25.1 Å². The number of hydrogen-bond acceptors (Lipinski definition) is 5. The molecule has 0 saturated heterocycles. The summed E-state index contributed by atoms with van der Waals surface area (Å²) in [6.45, 7) is 3.38. The zero-order chi connectivity index (χ0) is 18.7. The van der Waals surface area contributed by atoms with Crippen LogP contribution in [0.4, 0.5) is 8.78 Å². The number of halogens is 2. The molecule has 1 aliphatic rings. The van der Waals surface area contributed by atoms with Crippen molar-refractivity contribution in [2.75, 3.05) is 19.8 Å². The second kappa shape index (κ2) is 7.92. The van der Waals surface area contributed by atoms with Gasteiger partial charge in [-0.15, -0.1) is 0 Å². The number of hydrogen-bond donors (Lipinski definition) is 1. The third-order valence-corrected chi connectivity index (χ3v) is 4.40. The van der Waals surface area contributed by atoms with Gasteiger partial charge in [-0.25, -0.2) is 13.6 Å². The van der Waals surface area contributed by atoms with Gasteiger partial charge < -0.3 is 9.84 Å². The Morgan fingerprint density at radius 1 is 1.38 bits per heavy atom. The van der Waals surface area contributed by atoms with Crippen LogP contribution in [0, 0.1) is 11.6 Å². The van der Waals surface area contributed by atoms with Crippen LogP contribution in [0.3, 0.4) is 0 Å². The fourth-order valence-corrected chi connectivity index (χ4v) is 3.23. The smallest absolute Gasteiger partial charge is 0.359 e. The molecule has 26 heavy (non-hydrogen) atoms. The summed E-state index contributed by atoms with van der Waals surface area (Å²) in [6.07, 6.45) is 0.596. The van der Waals surface area contributed by atoms with E-state index in [1.807, 2.05) is 4.90 Å². The number of benzene rings is 1. The van der Waals surface area contributed by atoms with E-state index in [4.69, 9.17) is 4.74 Å². The Balaban J connectivity index is 1.86. The van der Waals surface area contributed by atoms with Crippen LogP contribution in [0.5, 0.6) is 0 Å². The molecular formula is C18H21F2N3O3. The summed E-state index contributed by atoms with van der Waals surface area (Å²) < 4.78 is 34.0. The van der Waals surface area contributed by atoms with Crippen LogP contribution >= 0.6 is 0 Å². The summed E-state index contributed by atoms with van der Waals surface area (Å²) in [7, 11) is 0. The first-order chi connectivity index (χ1) is 12.5. The van der Waals surface area contributed by atoms with Gasteiger partial charge in [0.05, 0.1) is 19.8 Å². The first-order valence-corrected chi connectivity index (χ1v) is 8.56. The molecule has 0 atom stereocenters. The van der Waals surface area contributed by atoms with Crippen LogP contribution in [0.25, 0.3) is 0 Å². The summed E-state index contributed by atoms with van der Waals surface area (Å²) in [5.41, 5.74) is 2.09. The van der Waals surface area contributed by atoms with Crippen LogP contribution in [0.2, 0.25) is 0 Å². The molecule has 0 radical (unpaired) electrons. The lowest BCUT2D eigenvalue weighted by Gasteiger charge is -2.27. The number of aliphatic hydroxyl groups excluding tert-OH is 1. The molecule has 0 bridgehead atoms. The number of aromatic nitrogens is 2. The number of rotatable bonds is 6. The number of carbonyl (C=O) groups excluding carboxylic acids is 1. The third-order valence-electron chi connectivity index (χ3n) is 4.40. The van der Waals surface area contributed by atoms with Crippen LogP contribution in [-0.4, -0.2) is 45.5 Å². The Morgan fingerprint density at radius 3 is 2.92 bits per heavy atom. The topological polar surface area (TPSA) is 67.6 Å². The minimum atomic E-state index is -0.515. The fourth-order valence-electron chi connectivity index (χ4n) is 3.23. The quantitative estimate of drug-likeness (QED) is 0.792. The van der Waals surface area contributed by atoms with E-state index in [2.05, 4.69) is 5.10 Å². The Labute approximate surface area is 150 Å². The molecule has 6 nitrogen and oxygen atoms in total. The van der Waals surface area contributed by atoms with E-state index in [0.29, 0.717) is 26.1 Å². The van der Waals surface area contributed by atoms with Crippen molar-refractivity contribution in [3.63, 3.8) is 0 Å². The van der Waals surface area contributed by atoms with Gasteiger partial charge in [0.2, 0.25) is 0 Å². The van der Waals surface area contributed by atoms with Gasteiger partial charge in [0.15, 0.2) is 5.69 Å². The number of esters is 1. The minimum absolute atomic E-state index is 0.0887. The molecule has 8 heteroatoms. The molecule has 3 rings (SSSR count). The molecular weight excluding hydrogens is 344 g/mol. The summed E-state index contributed by atoms with van der Waals surface area (Å²) >= 11 is 0. The molecule has 0 saturated carbocycles. The Kier molecular flexibility index (Phi) is 5.63. The monoisotopic (exact) mass is 365 g/mol. The zero-order valence-corrected chi connectivity index (χ0v) is 14.5. The van der Waals surface area contributed by atoms with Crippen LogP contribution in [0.15, 0.2) is 18.2 Å². The van der Waals surface area contributed by atoms with Gasteiger partial charge in [0.1, 0.15) is 11.6 Å². The molecule has 1 aromatic heterocycles. The maximum Gasteiger partial charge on any atom is 0.359 e. The van der Waals surface area contributed by atoms with Crippen molar-refractivity contribution < 1.29 is 23.4 Å². The van der Waals surface area contributed by atoms with E-state index in [-0.39, 0.29) is 31.0 Å². The fraction of sp³-hybridized carbons (Fsp3) is 0.444. The third kappa shape index (κ3) is 3.76. The highest BCUT2D eigenvalue weighted by Crippen LogP contribution is 2.25. The second-order valence-corrected chi connectivity index (χ2v) is 6.14. The van der Waals surface area contributed by atoms with Crippen LogP contribution in [-0.2, 0) is 30.8 Å². The van der Waals surface area contributed by atoms with Gasteiger partial charge >= 0.3 is 5.97 Å². The summed E-state index contributed by atoms with van der Waals surface area (Å²) in [5.74, 6) is -1.46. The zero-order valence-electron chi connectivity index (χ0n) is 14.5. The molecule has 0 unspecified atom stereocenters. The van der Waals surface area contributed by atoms with E-state index in [1.54, 1.807) is 11.6 Å². The molecule has 0 amide bonds. The number of nitrogens with zero attached hydrogens (tertiary/aromatic N) is 3. The largest absolute Gasteiger partial charge is 0.461 e. The van der Waals surface area contributed by atoms with E-state index >= 15 is 0 Å². The molecule has 1 aliphatic heterocycles. The number of carbonyl (C=O) groups is 1. The normalized spacial score (nSPS) is 14.3. The SMILES string of the molecule is CCOC(=O)c1nn(CCO)c2c1CN(Cc1cc(F)ccc1F)CC2. The molecule has 0 spiro atoms. The average Bonchev–Trinajstić information content (AvgIpc) is 2.97. The second-order valence-electron chi connectivity index (χ2n) is 6.14. The van der Waals surface area contributed by atoms with E-state index < -0.39 is 17.6 Å². The lowest BCUT2D eigenvalue weighted by molar-refractivity contribution is 0.0515. The van der Waals surface area contributed by atoms with Crippen molar-refractivity contribution in [1.29, 1.82) is 0 Å². The van der Waals surface area contributed by atoms with Gasteiger partial charge in [-0.2, -0.15) is 5.10 Å².